The third kappa shape index (κ3) is 5.73. The van der Waals surface area contributed by atoms with Crippen molar-refractivity contribution in [3.8, 4) is 0 Å². The van der Waals surface area contributed by atoms with E-state index in [0.29, 0.717) is 6.54 Å². The fourth-order valence-electron chi connectivity index (χ4n) is 3.36. The smallest absolute Gasteiger partial charge is 0.194 e. The van der Waals surface area contributed by atoms with Crippen molar-refractivity contribution >= 4 is 41.4 Å². The summed E-state index contributed by atoms with van der Waals surface area (Å²) in [5.74, 6) is 1.96. The van der Waals surface area contributed by atoms with Gasteiger partial charge in [-0.15, -0.1) is 24.0 Å². The number of para-hydroxylation sites is 1. The van der Waals surface area contributed by atoms with Gasteiger partial charge >= 0.3 is 0 Å². The van der Waals surface area contributed by atoms with Gasteiger partial charge < -0.3 is 20.0 Å². The van der Waals surface area contributed by atoms with Gasteiger partial charge in [0, 0.05) is 64.3 Å². The average molecular weight is 494 g/mol. The first kappa shape index (κ1) is 22.3. The van der Waals surface area contributed by atoms with Gasteiger partial charge in [0.25, 0.3) is 0 Å². The van der Waals surface area contributed by atoms with Crippen LogP contribution in [0.25, 0.3) is 0 Å². The first-order valence-corrected chi connectivity index (χ1v) is 9.63. The number of aliphatic imine (C=N–C) groups is 1. The minimum atomic E-state index is 0. The first-order valence-electron chi connectivity index (χ1n) is 9.63. The van der Waals surface area contributed by atoms with Gasteiger partial charge in [-0.2, -0.15) is 0 Å². The van der Waals surface area contributed by atoms with Crippen molar-refractivity contribution in [3.05, 3.63) is 54.2 Å². The summed E-state index contributed by atoms with van der Waals surface area (Å²) < 4.78 is 0. The van der Waals surface area contributed by atoms with Gasteiger partial charge in [-0.3, -0.25) is 0 Å². The Morgan fingerprint density at radius 2 is 1.79 bits per heavy atom. The van der Waals surface area contributed by atoms with Crippen LogP contribution in [-0.4, -0.2) is 62.7 Å². The first-order chi connectivity index (χ1) is 13.2. The van der Waals surface area contributed by atoms with E-state index in [-0.39, 0.29) is 24.0 Å². The second kappa shape index (κ2) is 11.1. The number of pyridine rings is 1. The second-order valence-electron chi connectivity index (χ2n) is 6.86. The summed E-state index contributed by atoms with van der Waals surface area (Å²) in [6.45, 7) is 7.55. The fraction of sp³-hybridized carbons (Fsp3) is 0.429. The minimum absolute atomic E-state index is 0. The number of anilines is 2. The number of halogens is 1. The van der Waals surface area contributed by atoms with Crippen LogP contribution in [0.4, 0.5) is 11.5 Å². The van der Waals surface area contributed by atoms with Crippen LogP contribution >= 0.6 is 24.0 Å². The molecular weight excluding hydrogens is 463 g/mol. The summed E-state index contributed by atoms with van der Waals surface area (Å²) in [4.78, 5) is 16.2. The minimum Gasteiger partial charge on any atom is -0.368 e. The average Bonchev–Trinajstić information content (AvgIpc) is 2.72. The lowest BCUT2D eigenvalue weighted by Crippen LogP contribution is -2.52. The Morgan fingerprint density at radius 3 is 2.43 bits per heavy atom. The number of nitrogens with one attached hydrogen (secondary N) is 1. The van der Waals surface area contributed by atoms with Crippen LogP contribution in [0.5, 0.6) is 0 Å². The number of rotatable bonds is 5. The highest BCUT2D eigenvalue weighted by molar-refractivity contribution is 14.0. The van der Waals surface area contributed by atoms with E-state index in [1.807, 2.05) is 31.3 Å². The van der Waals surface area contributed by atoms with Gasteiger partial charge in [0.05, 0.1) is 6.54 Å². The van der Waals surface area contributed by atoms with Gasteiger partial charge in [0.1, 0.15) is 5.82 Å². The van der Waals surface area contributed by atoms with Crippen molar-refractivity contribution < 1.29 is 0 Å². The van der Waals surface area contributed by atoms with Crippen molar-refractivity contribution in [1.82, 2.24) is 15.2 Å². The Bertz CT molecular complexity index is 742. The van der Waals surface area contributed by atoms with Crippen molar-refractivity contribution in [2.24, 2.45) is 4.99 Å². The number of aromatic nitrogens is 1. The molecule has 0 spiro atoms. The summed E-state index contributed by atoms with van der Waals surface area (Å²) >= 11 is 0. The summed E-state index contributed by atoms with van der Waals surface area (Å²) in [5, 5.41) is 3.45. The SMILES string of the molecule is CCNC(=NCc1cccnc1N(C)C)N1CCN(c2ccccc2)CC1.I. The molecule has 0 saturated carbocycles. The summed E-state index contributed by atoms with van der Waals surface area (Å²) in [5.41, 5.74) is 2.44. The monoisotopic (exact) mass is 494 g/mol. The van der Waals surface area contributed by atoms with E-state index in [1.54, 1.807) is 0 Å². The normalized spacial score (nSPS) is 14.5. The molecule has 1 aliphatic rings. The van der Waals surface area contributed by atoms with Crippen LogP contribution in [0, 0.1) is 0 Å². The summed E-state index contributed by atoms with van der Waals surface area (Å²) in [6, 6.07) is 14.7. The molecule has 1 saturated heterocycles. The number of guanidine groups is 1. The molecule has 1 N–H and O–H groups in total. The number of hydrogen-bond donors (Lipinski definition) is 1. The number of hydrogen-bond acceptors (Lipinski definition) is 4. The molecule has 2 aromatic rings. The van der Waals surface area contributed by atoms with Crippen molar-refractivity contribution in [1.29, 1.82) is 0 Å². The van der Waals surface area contributed by atoms with Crippen molar-refractivity contribution in [3.63, 3.8) is 0 Å². The Hall–Kier alpha value is -2.03. The summed E-state index contributed by atoms with van der Waals surface area (Å²) in [7, 11) is 4.03. The summed E-state index contributed by atoms with van der Waals surface area (Å²) in [6.07, 6.45) is 1.83. The number of piperazine rings is 1. The van der Waals surface area contributed by atoms with E-state index in [0.717, 1.165) is 50.1 Å². The van der Waals surface area contributed by atoms with Crippen LogP contribution in [0.2, 0.25) is 0 Å². The largest absolute Gasteiger partial charge is 0.368 e. The van der Waals surface area contributed by atoms with E-state index in [1.165, 1.54) is 5.69 Å². The number of nitrogens with zero attached hydrogens (tertiary/aromatic N) is 5. The standard InChI is InChI=1S/C21H30N6.HI/c1-4-22-21(24-17-18-9-8-12-23-20(18)25(2)3)27-15-13-26(14-16-27)19-10-6-5-7-11-19;/h5-12H,4,13-17H2,1-3H3,(H,22,24);1H. The highest BCUT2D eigenvalue weighted by atomic mass is 127. The zero-order chi connectivity index (χ0) is 19.1. The van der Waals surface area contributed by atoms with Crippen LogP contribution in [0.3, 0.4) is 0 Å². The maximum Gasteiger partial charge on any atom is 0.194 e. The molecule has 3 rings (SSSR count). The predicted molar refractivity (Wildman–Crippen MR) is 129 cm³/mol. The van der Waals surface area contributed by atoms with Crippen LogP contribution in [0.1, 0.15) is 12.5 Å². The lowest BCUT2D eigenvalue weighted by atomic mass is 10.2. The Balaban J connectivity index is 0.00000280. The van der Waals surface area contributed by atoms with Gasteiger partial charge in [0.15, 0.2) is 5.96 Å². The zero-order valence-electron chi connectivity index (χ0n) is 17.0. The Kier molecular flexibility index (Phi) is 8.82. The molecule has 1 aliphatic heterocycles. The maximum atomic E-state index is 4.89. The maximum absolute atomic E-state index is 4.89. The molecule has 0 aliphatic carbocycles. The zero-order valence-corrected chi connectivity index (χ0v) is 19.3. The van der Waals surface area contributed by atoms with Gasteiger partial charge in [0.2, 0.25) is 0 Å². The third-order valence-electron chi connectivity index (χ3n) is 4.73. The molecule has 1 fully saturated rings. The molecule has 0 radical (unpaired) electrons. The highest BCUT2D eigenvalue weighted by Crippen LogP contribution is 2.17. The molecular formula is C21H31IN6. The van der Waals surface area contributed by atoms with Crippen molar-refractivity contribution in [2.75, 3.05) is 56.6 Å². The quantitative estimate of drug-likeness (QED) is 0.394. The molecule has 6 nitrogen and oxygen atoms in total. The molecule has 1 aromatic heterocycles. The molecule has 0 amide bonds. The fourth-order valence-corrected chi connectivity index (χ4v) is 3.36. The molecule has 0 bridgehead atoms. The van der Waals surface area contributed by atoms with Gasteiger partial charge in [-0.25, -0.2) is 9.98 Å². The molecule has 28 heavy (non-hydrogen) atoms. The van der Waals surface area contributed by atoms with E-state index in [4.69, 9.17) is 4.99 Å². The van der Waals surface area contributed by atoms with Crippen LogP contribution < -0.4 is 15.1 Å². The van der Waals surface area contributed by atoms with E-state index >= 15 is 0 Å². The van der Waals surface area contributed by atoms with Gasteiger partial charge in [-0.05, 0) is 25.1 Å². The van der Waals surface area contributed by atoms with Crippen LogP contribution in [-0.2, 0) is 6.54 Å². The highest BCUT2D eigenvalue weighted by Gasteiger charge is 2.19. The second-order valence-corrected chi connectivity index (χ2v) is 6.86. The van der Waals surface area contributed by atoms with E-state index in [2.05, 4.69) is 63.4 Å². The number of benzene rings is 1. The lowest BCUT2D eigenvalue weighted by Gasteiger charge is -2.37. The molecule has 0 atom stereocenters. The molecule has 152 valence electrons. The Labute approximate surface area is 185 Å². The van der Waals surface area contributed by atoms with Crippen molar-refractivity contribution in [2.45, 2.75) is 13.5 Å². The van der Waals surface area contributed by atoms with E-state index in [9.17, 15) is 0 Å². The molecule has 2 heterocycles. The molecule has 0 unspecified atom stereocenters. The molecule has 1 aromatic carbocycles. The molecule has 7 heteroatoms. The lowest BCUT2D eigenvalue weighted by molar-refractivity contribution is 0.372. The topological polar surface area (TPSA) is 47.0 Å². The third-order valence-corrected chi connectivity index (χ3v) is 4.73. The Morgan fingerprint density at radius 1 is 1.07 bits per heavy atom. The predicted octanol–water partition coefficient (Wildman–Crippen LogP) is 3.05. The van der Waals surface area contributed by atoms with Crippen LogP contribution in [0.15, 0.2) is 53.7 Å². The van der Waals surface area contributed by atoms with E-state index < -0.39 is 0 Å². The van der Waals surface area contributed by atoms with Gasteiger partial charge in [-0.1, -0.05) is 24.3 Å².